The smallest absolute Gasteiger partial charge is 0.199 e. The van der Waals surface area contributed by atoms with Gasteiger partial charge in [0.1, 0.15) is 5.75 Å². The van der Waals surface area contributed by atoms with Gasteiger partial charge in [0.05, 0.1) is 12.8 Å². The van der Waals surface area contributed by atoms with Crippen LogP contribution in [-0.4, -0.2) is 30.4 Å². The maximum Gasteiger partial charge on any atom is 0.199 e. The first-order chi connectivity index (χ1) is 7.71. The van der Waals surface area contributed by atoms with Gasteiger partial charge in [-0.1, -0.05) is 0 Å². The molecule has 0 saturated heterocycles. The molecule has 0 spiro atoms. The molecule has 0 heterocycles. The van der Waals surface area contributed by atoms with Crippen molar-refractivity contribution in [3.8, 4) is 5.75 Å². The van der Waals surface area contributed by atoms with Gasteiger partial charge >= 0.3 is 0 Å². The van der Waals surface area contributed by atoms with Gasteiger partial charge in [-0.2, -0.15) is 0 Å². The quantitative estimate of drug-likeness (QED) is 0.459. The van der Waals surface area contributed by atoms with Gasteiger partial charge in [-0.3, -0.25) is 0 Å². The molecule has 0 aliphatic carbocycles. The summed E-state index contributed by atoms with van der Waals surface area (Å²) in [6.07, 6.45) is 0. The van der Waals surface area contributed by atoms with E-state index in [9.17, 15) is 0 Å². The summed E-state index contributed by atoms with van der Waals surface area (Å²) >= 11 is 6.10. The fourth-order valence-electron chi connectivity index (χ4n) is 1.32. The third-order valence-electron chi connectivity index (χ3n) is 2.32. The lowest BCUT2D eigenvalue weighted by molar-refractivity contribution is 0.415. The molecule has 0 saturated carbocycles. The van der Waals surface area contributed by atoms with Crippen LogP contribution >= 0.6 is 11.6 Å². The number of nitrogens with zero attached hydrogens (tertiary/aromatic N) is 2. The number of ether oxygens (including phenoxy) is 1. The predicted molar refractivity (Wildman–Crippen MR) is 68.9 cm³/mol. The SMILES string of the molecule is CCN(CC)C(Cl)=Nc1ccc(OC)cc1. The van der Waals surface area contributed by atoms with Crippen LogP contribution in [0.3, 0.4) is 0 Å². The average Bonchev–Trinajstić information content (AvgIpc) is 2.31. The number of methoxy groups -OCH3 is 1. The monoisotopic (exact) mass is 240 g/mol. The zero-order valence-corrected chi connectivity index (χ0v) is 10.7. The summed E-state index contributed by atoms with van der Waals surface area (Å²) in [5, 5.41) is 0.523. The van der Waals surface area contributed by atoms with Crippen LogP contribution in [-0.2, 0) is 0 Å². The molecule has 0 aromatic heterocycles. The predicted octanol–water partition coefficient (Wildman–Crippen LogP) is 3.26. The van der Waals surface area contributed by atoms with Crippen molar-refractivity contribution in [2.45, 2.75) is 13.8 Å². The summed E-state index contributed by atoms with van der Waals surface area (Å²) in [6, 6.07) is 7.49. The van der Waals surface area contributed by atoms with Crippen LogP contribution in [0.25, 0.3) is 0 Å². The van der Waals surface area contributed by atoms with Crippen molar-refractivity contribution in [1.29, 1.82) is 0 Å². The molecule has 1 aromatic rings. The minimum atomic E-state index is 0.523. The second kappa shape index (κ2) is 6.38. The molecule has 0 bridgehead atoms. The summed E-state index contributed by atoms with van der Waals surface area (Å²) in [5.41, 5.74) is 0.831. The third kappa shape index (κ3) is 3.42. The van der Waals surface area contributed by atoms with E-state index < -0.39 is 0 Å². The summed E-state index contributed by atoms with van der Waals surface area (Å²) in [5.74, 6) is 0.818. The number of benzene rings is 1. The molecule has 1 aromatic carbocycles. The Morgan fingerprint density at radius 1 is 1.25 bits per heavy atom. The van der Waals surface area contributed by atoms with Crippen LogP contribution in [0.5, 0.6) is 5.75 Å². The number of hydrogen-bond acceptors (Lipinski definition) is 2. The first kappa shape index (κ1) is 12.8. The van der Waals surface area contributed by atoms with Gasteiger partial charge in [0.25, 0.3) is 0 Å². The highest BCUT2D eigenvalue weighted by atomic mass is 35.5. The largest absolute Gasteiger partial charge is 0.497 e. The van der Waals surface area contributed by atoms with Crippen LogP contribution in [0.4, 0.5) is 5.69 Å². The van der Waals surface area contributed by atoms with E-state index >= 15 is 0 Å². The van der Waals surface area contributed by atoms with Gasteiger partial charge in [0.15, 0.2) is 5.29 Å². The van der Waals surface area contributed by atoms with E-state index in [1.54, 1.807) is 7.11 Å². The van der Waals surface area contributed by atoms with Crippen LogP contribution < -0.4 is 4.74 Å². The fourth-order valence-corrected chi connectivity index (χ4v) is 1.66. The highest BCUT2D eigenvalue weighted by Crippen LogP contribution is 2.18. The van der Waals surface area contributed by atoms with Crippen molar-refractivity contribution in [3.63, 3.8) is 0 Å². The van der Waals surface area contributed by atoms with Crippen LogP contribution in [0.2, 0.25) is 0 Å². The third-order valence-corrected chi connectivity index (χ3v) is 2.64. The molecule has 4 heteroatoms. The number of aliphatic imine (C=N–C) groups is 1. The summed E-state index contributed by atoms with van der Waals surface area (Å²) in [4.78, 5) is 6.32. The normalized spacial score (nSPS) is 11.4. The van der Waals surface area contributed by atoms with E-state index in [4.69, 9.17) is 16.3 Å². The van der Waals surface area contributed by atoms with Crippen LogP contribution in [0, 0.1) is 0 Å². The molecule has 0 unspecified atom stereocenters. The van der Waals surface area contributed by atoms with Crippen molar-refractivity contribution < 1.29 is 4.74 Å². The molecule has 16 heavy (non-hydrogen) atoms. The van der Waals surface area contributed by atoms with Gasteiger partial charge in [-0.15, -0.1) is 0 Å². The van der Waals surface area contributed by atoms with Crippen molar-refractivity contribution >= 4 is 22.6 Å². The lowest BCUT2D eigenvalue weighted by atomic mass is 10.3. The van der Waals surface area contributed by atoms with E-state index in [2.05, 4.69) is 18.8 Å². The molecule has 0 radical (unpaired) electrons. The molecule has 0 aliphatic rings. The number of hydrogen-bond donors (Lipinski definition) is 0. The van der Waals surface area contributed by atoms with Gasteiger partial charge < -0.3 is 9.64 Å². The Morgan fingerprint density at radius 3 is 2.25 bits per heavy atom. The van der Waals surface area contributed by atoms with Crippen molar-refractivity contribution in [3.05, 3.63) is 24.3 Å². The lowest BCUT2D eigenvalue weighted by Crippen LogP contribution is -2.26. The fraction of sp³-hybridized carbons (Fsp3) is 0.417. The summed E-state index contributed by atoms with van der Waals surface area (Å²) < 4.78 is 5.07. The first-order valence-corrected chi connectivity index (χ1v) is 5.72. The molecule has 0 aliphatic heterocycles. The van der Waals surface area contributed by atoms with Gasteiger partial charge in [-0.05, 0) is 49.7 Å². The second-order valence-electron chi connectivity index (χ2n) is 3.25. The Kier molecular flexibility index (Phi) is 5.12. The Balaban J connectivity index is 2.80. The van der Waals surface area contributed by atoms with E-state index in [-0.39, 0.29) is 0 Å². The zero-order chi connectivity index (χ0) is 12.0. The van der Waals surface area contributed by atoms with E-state index in [0.717, 1.165) is 24.5 Å². The Labute approximate surface area is 102 Å². The molecular formula is C12H17ClN2O. The van der Waals surface area contributed by atoms with Gasteiger partial charge in [-0.25, -0.2) is 4.99 Å². The van der Waals surface area contributed by atoms with E-state index in [1.165, 1.54) is 0 Å². The van der Waals surface area contributed by atoms with Gasteiger partial charge in [0, 0.05) is 13.1 Å². The highest BCUT2D eigenvalue weighted by molar-refractivity contribution is 6.64. The van der Waals surface area contributed by atoms with Crippen molar-refractivity contribution in [2.75, 3.05) is 20.2 Å². The van der Waals surface area contributed by atoms with Crippen LogP contribution in [0.15, 0.2) is 29.3 Å². The molecule has 0 N–H and O–H groups in total. The highest BCUT2D eigenvalue weighted by Gasteiger charge is 2.03. The maximum atomic E-state index is 6.10. The molecule has 3 nitrogen and oxygen atoms in total. The molecule has 0 amide bonds. The second-order valence-corrected chi connectivity index (χ2v) is 3.59. The Hall–Kier alpha value is -1.22. The van der Waals surface area contributed by atoms with Crippen molar-refractivity contribution in [1.82, 2.24) is 4.90 Å². The summed E-state index contributed by atoms with van der Waals surface area (Å²) in [6.45, 7) is 5.81. The first-order valence-electron chi connectivity index (χ1n) is 5.34. The number of rotatable bonds is 4. The van der Waals surface area contributed by atoms with Crippen molar-refractivity contribution in [2.24, 2.45) is 4.99 Å². The molecule has 1 rings (SSSR count). The van der Waals surface area contributed by atoms with E-state index in [0.29, 0.717) is 5.29 Å². The maximum absolute atomic E-state index is 6.10. The Bertz CT molecular complexity index is 345. The molecular weight excluding hydrogens is 224 g/mol. The lowest BCUT2D eigenvalue weighted by Gasteiger charge is -2.17. The summed E-state index contributed by atoms with van der Waals surface area (Å²) in [7, 11) is 1.64. The molecule has 88 valence electrons. The van der Waals surface area contributed by atoms with Gasteiger partial charge in [0.2, 0.25) is 0 Å². The number of amidine groups is 1. The molecule has 0 fully saturated rings. The standard InChI is InChI=1S/C12H17ClN2O/c1-4-15(5-2)12(13)14-10-6-8-11(16-3)9-7-10/h6-9H,4-5H2,1-3H3. The van der Waals surface area contributed by atoms with E-state index in [1.807, 2.05) is 29.2 Å². The minimum absolute atomic E-state index is 0.523. The minimum Gasteiger partial charge on any atom is -0.497 e. The zero-order valence-electron chi connectivity index (χ0n) is 9.90. The average molecular weight is 241 g/mol. The molecule has 0 atom stereocenters. The number of halogens is 1. The topological polar surface area (TPSA) is 24.8 Å². The Morgan fingerprint density at radius 2 is 1.81 bits per heavy atom. The van der Waals surface area contributed by atoms with Crippen LogP contribution in [0.1, 0.15) is 13.8 Å².